The van der Waals surface area contributed by atoms with Gasteiger partial charge in [-0.1, -0.05) is 220 Å². The van der Waals surface area contributed by atoms with E-state index >= 15 is 0 Å². The van der Waals surface area contributed by atoms with E-state index in [4.69, 9.17) is 23.7 Å². The van der Waals surface area contributed by atoms with Gasteiger partial charge in [-0.05, 0) is 96.3 Å². The maximum absolute atomic E-state index is 13.1. The first-order chi connectivity index (χ1) is 37.6. The number of ether oxygens (including phenoxy) is 5. The highest BCUT2D eigenvalue weighted by Gasteiger charge is 2.50. The van der Waals surface area contributed by atoms with Gasteiger partial charge in [-0.15, -0.1) is 0 Å². The van der Waals surface area contributed by atoms with E-state index in [1.807, 2.05) is 12.2 Å². The van der Waals surface area contributed by atoms with E-state index in [0.29, 0.717) is 19.3 Å². The quantitative estimate of drug-likeness (QED) is 0.0228. The normalized spacial score (nSPS) is 18.8. The molecule has 0 spiro atoms. The average Bonchev–Trinajstić information content (AvgIpc) is 3.42. The zero-order valence-corrected chi connectivity index (χ0v) is 47.9. The molecule has 1 heterocycles. The number of aliphatic carboxylic acids is 1. The van der Waals surface area contributed by atoms with Crippen LogP contribution in [0.25, 0.3) is 0 Å². The van der Waals surface area contributed by atoms with Crippen molar-refractivity contribution in [2.75, 3.05) is 13.2 Å². The smallest absolute Gasteiger partial charge is 0.335 e. The fraction of sp³-hybridized carbons (Fsp3) is 0.662. The average molecular weight is 1080 g/mol. The molecule has 12 nitrogen and oxygen atoms in total. The molecule has 1 aliphatic rings. The third kappa shape index (κ3) is 42.1. The predicted octanol–water partition coefficient (Wildman–Crippen LogP) is 15.4. The van der Waals surface area contributed by atoms with Gasteiger partial charge in [-0.25, -0.2) is 4.79 Å². The SMILES string of the molecule is CC/C=C\C/C=C\C/C=C\C/C=C\C/C=C\C/C=C\CCC(=O)OCC(COC1OC(C(=O)O)C(O)C(O)C1OC(=O)CCCCCCCC/C=C\C/C=C\C/C=C\CCCCC)OC(=O)CCCCCCCCCCC. The van der Waals surface area contributed by atoms with Crippen molar-refractivity contribution in [3.63, 3.8) is 0 Å². The number of unbranched alkanes of at least 4 members (excludes halogenated alkanes) is 17. The molecule has 436 valence electrons. The Balaban J connectivity index is 2.69. The van der Waals surface area contributed by atoms with Crippen LogP contribution in [0.2, 0.25) is 0 Å². The summed E-state index contributed by atoms with van der Waals surface area (Å²) < 4.78 is 28.3. The summed E-state index contributed by atoms with van der Waals surface area (Å²) in [6.07, 6.45) is 57.9. The molecule has 77 heavy (non-hydrogen) atoms. The number of aliphatic hydroxyl groups excluding tert-OH is 2. The number of rotatable bonds is 49. The minimum Gasteiger partial charge on any atom is -0.479 e. The van der Waals surface area contributed by atoms with E-state index < -0.39 is 67.3 Å². The molecule has 6 unspecified atom stereocenters. The Morgan fingerprint density at radius 3 is 1.32 bits per heavy atom. The van der Waals surface area contributed by atoms with Gasteiger partial charge in [0.05, 0.1) is 6.61 Å². The molecule has 0 bridgehead atoms. The lowest BCUT2D eigenvalue weighted by Crippen LogP contribution is -2.61. The summed E-state index contributed by atoms with van der Waals surface area (Å²) in [6, 6.07) is 0. The van der Waals surface area contributed by atoms with Gasteiger partial charge in [0.25, 0.3) is 0 Å². The van der Waals surface area contributed by atoms with Gasteiger partial charge in [0.15, 0.2) is 24.6 Å². The highest BCUT2D eigenvalue weighted by atomic mass is 16.7. The highest BCUT2D eigenvalue weighted by Crippen LogP contribution is 2.26. The second-order valence-electron chi connectivity index (χ2n) is 19.9. The maximum Gasteiger partial charge on any atom is 0.335 e. The lowest BCUT2D eigenvalue weighted by Gasteiger charge is -2.40. The van der Waals surface area contributed by atoms with Gasteiger partial charge >= 0.3 is 23.9 Å². The van der Waals surface area contributed by atoms with Crippen LogP contribution in [0, 0.1) is 0 Å². The first-order valence-corrected chi connectivity index (χ1v) is 29.9. The summed E-state index contributed by atoms with van der Waals surface area (Å²) in [5.41, 5.74) is 0. The molecule has 1 rings (SSSR count). The second kappa shape index (κ2) is 52.1. The number of carbonyl (C=O) groups excluding carboxylic acids is 3. The molecule has 3 N–H and O–H groups in total. The van der Waals surface area contributed by atoms with E-state index in [1.54, 1.807) is 0 Å². The molecule has 0 aromatic rings. The zero-order valence-electron chi connectivity index (χ0n) is 47.9. The van der Waals surface area contributed by atoms with E-state index in [2.05, 4.69) is 118 Å². The summed E-state index contributed by atoms with van der Waals surface area (Å²) in [5, 5.41) is 31.5. The van der Waals surface area contributed by atoms with Crippen molar-refractivity contribution >= 4 is 23.9 Å². The van der Waals surface area contributed by atoms with Gasteiger partial charge in [-0.2, -0.15) is 0 Å². The van der Waals surface area contributed by atoms with E-state index in [9.17, 15) is 34.5 Å². The predicted molar refractivity (Wildman–Crippen MR) is 312 cm³/mol. The van der Waals surface area contributed by atoms with Gasteiger partial charge in [0, 0.05) is 19.3 Å². The molecule has 0 aromatic carbocycles. The molecule has 1 saturated heterocycles. The van der Waals surface area contributed by atoms with Crippen LogP contribution in [-0.2, 0) is 42.9 Å². The minimum atomic E-state index is -1.92. The molecule has 1 fully saturated rings. The summed E-state index contributed by atoms with van der Waals surface area (Å²) in [7, 11) is 0. The first kappa shape index (κ1) is 70.4. The summed E-state index contributed by atoms with van der Waals surface area (Å²) >= 11 is 0. The Bertz CT molecular complexity index is 1750. The fourth-order valence-corrected chi connectivity index (χ4v) is 8.28. The molecule has 12 heteroatoms. The van der Waals surface area contributed by atoms with Crippen molar-refractivity contribution in [2.45, 2.75) is 263 Å². The van der Waals surface area contributed by atoms with Crippen molar-refractivity contribution < 1.29 is 58.2 Å². The summed E-state index contributed by atoms with van der Waals surface area (Å²) in [4.78, 5) is 51.0. The van der Waals surface area contributed by atoms with Crippen LogP contribution in [-0.4, -0.2) is 89.2 Å². The Morgan fingerprint density at radius 2 is 0.844 bits per heavy atom. The Labute approximate surface area is 465 Å². The molecular formula is C65H104O12. The molecule has 1 aliphatic heterocycles. The molecule has 0 aliphatic carbocycles. The molecule has 0 saturated carbocycles. The monoisotopic (exact) mass is 1080 g/mol. The number of carboxylic acids is 1. The van der Waals surface area contributed by atoms with E-state index in [1.165, 1.54) is 51.4 Å². The lowest BCUT2D eigenvalue weighted by molar-refractivity contribution is -0.301. The minimum absolute atomic E-state index is 0.0346. The van der Waals surface area contributed by atoms with Crippen molar-refractivity contribution in [1.82, 2.24) is 0 Å². The maximum atomic E-state index is 13.1. The van der Waals surface area contributed by atoms with E-state index in [0.717, 1.165) is 116 Å². The van der Waals surface area contributed by atoms with Crippen LogP contribution in [0.1, 0.15) is 226 Å². The van der Waals surface area contributed by atoms with Gasteiger partial charge in [-0.3, -0.25) is 14.4 Å². The van der Waals surface area contributed by atoms with Crippen LogP contribution in [0.3, 0.4) is 0 Å². The molecule has 6 atom stereocenters. The van der Waals surface area contributed by atoms with Crippen molar-refractivity contribution in [2.24, 2.45) is 0 Å². The number of carbonyl (C=O) groups is 4. The standard InChI is InChI=1S/C65H104O12/c1-4-7-10-13-16-19-21-23-25-27-29-31-33-35-37-40-42-45-48-51-57(66)73-54-56(75-58(67)52-49-46-43-39-18-15-12-9-6-3)55-74-65-63(61(70)60(69)62(77-65)64(71)72)76-59(68)53-50-47-44-41-38-36-34-32-30-28-26-24-22-20-17-14-11-8-5-2/h7,10,16-17,19-20,23-26,29-32,35,37,42,45,56,60-63,65,69-70H,4-6,8-9,11-15,18,21-22,27-28,33-34,36,38-41,43-44,46-55H2,1-3H3,(H,71,72)/b10-7-,19-16-,20-17-,25-23-,26-24-,31-29-,32-30-,37-35-,45-42-. The van der Waals surface area contributed by atoms with Gasteiger partial charge in [0.1, 0.15) is 18.8 Å². The Morgan fingerprint density at radius 1 is 0.442 bits per heavy atom. The number of allylic oxidation sites excluding steroid dienone is 18. The van der Waals surface area contributed by atoms with Gasteiger partial charge < -0.3 is 39.0 Å². The van der Waals surface area contributed by atoms with Crippen LogP contribution < -0.4 is 0 Å². The van der Waals surface area contributed by atoms with Gasteiger partial charge in [0.2, 0.25) is 0 Å². The largest absolute Gasteiger partial charge is 0.479 e. The number of hydrogen-bond donors (Lipinski definition) is 3. The molecule has 0 radical (unpaired) electrons. The van der Waals surface area contributed by atoms with Crippen LogP contribution in [0.15, 0.2) is 109 Å². The van der Waals surface area contributed by atoms with Crippen molar-refractivity contribution in [3.8, 4) is 0 Å². The number of aliphatic hydroxyl groups is 2. The van der Waals surface area contributed by atoms with E-state index in [-0.39, 0.29) is 25.9 Å². The first-order valence-electron chi connectivity index (χ1n) is 29.9. The highest BCUT2D eigenvalue weighted by molar-refractivity contribution is 5.74. The Hall–Kier alpha value is -4.62. The third-order valence-corrected chi connectivity index (χ3v) is 12.8. The molecule has 0 aromatic heterocycles. The molecule has 0 amide bonds. The number of hydrogen-bond acceptors (Lipinski definition) is 11. The third-order valence-electron chi connectivity index (χ3n) is 12.8. The van der Waals surface area contributed by atoms with Crippen molar-refractivity contribution in [3.05, 3.63) is 109 Å². The number of carboxylic acid groups (broad SMARTS) is 1. The van der Waals surface area contributed by atoms with Crippen LogP contribution in [0.4, 0.5) is 0 Å². The molecular weight excluding hydrogens is 973 g/mol. The van der Waals surface area contributed by atoms with Crippen LogP contribution in [0.5, 0.6) is 0 Å². The number of esters is 3. The summed E-state index contributed by atoms with van der Waals surface area (Å²) in [6.45, 7) is 5.75. The summed E-state index contributed by atoms with van der Waals surface area (Å²) in [5.74, 6) is -3.26. The fourth-order valence-electron chi connectivity index (χ4n) is 8.28. The van der Waals surface area contributed by atoms with Crippen LogP contribution >= 0.6 is 0 Å². The lowest BCUT2D eigenvalue weighted by atomic mass is 9.98. The zero-order chi connectivity index (χ0) is 56.1. The second-order valence-corrected chi connectivity index (χ2v) is 19.9. The van der Waals surface area contributed by atoms with Crippen molar-refractivity contribution in [1.29, 1.82) is 0 Å². The Kier molecular flexibility index (Phi) is 47.6. The topological polar surface area (TPSA) is 175 Å².